The molecule has 0 bridgehead atoms. The summed E-state index contributed by atoms with van der Waals surface area (Å²) in [5, 5.41) is 0. The van der Waals surface area contributed by atoms with Gasteiger partial charge in [0.05, 0.1) is 12.8 Å². The maximum Gasteiger partial charge on any atom is 0.213 e. The molecule has 0 spiro atoms. The second kappa shape index (κ2) is 4.74. The van der Waals surface area contributed by atoms with Crippen molar-refractivity contribution in [2.24, 2.45) is 0 Å². The summed E-state index contributed by atoms with van der Waals surface area (Å²) in [5.74, 6) is 0.681. The van der Waals surface area contributed by atoms with Gasteiger partial charge in [-0.3, -0.25) is 0 Å². The molecule has 0 saturated carbocycles. The zero-order valence-corrected chi connectivity index (χ0v) is 11.8. The van der Waals surface area contributed by atoms with Crippen LogP contribution in [0.25, 0.3) is 22.3 Å². The predicted octanol–water partition coefficient (Wildman–Crippen LogP) is 4.33. The number of hydrogen-bond donors (Lipinski definition) is 0. The zero-order valence-electron chi connectivity index (χ0n) is 11.8. The number of ether oxygens (including phenoxy) is 1. The van der Waals surface area contributed by atoms with Crippen LogP contribution in [0.4, 0.5) is 0 Å². The van der Waals surface area contributed by atoms with E-state index in [1.165, 1.54) is 27.8 Å². The minimum atomic E-state index is 0.681. The highest BCUT2D eigenvalue weighted by atomic mass is 16.5. The van der Waals surface area contributed by atoms with Crippen LogP contribution >= 0.6 is 0 Å². The normalized spacial score (nSPS) is 11.9. The molecule has 0 unspecified atom stereocenters. The molecule has 1 heterocycles. The summed E-state index contributed by atoms with van der Waals surface area (Å²) < 4.78 is 5.39. The van der Waals surface area contributed by atoms with Crippen LogP contribution in [0.5, 0.6) is 5.88 Å². The lowest BCUT2D eigenvalue weighted by Crippen LogP contribution is -1.95. The van der Waals surface area contributed by atoms with Gasteiger partial charge in [0.2, 0.25) is 5.88 Å². The van der Waals surface area contributed by atoms with Gasteiger partial charge >= 0.3 is 0 Å². The van der Waals surface area contributed by atoms with E-state index in [2.05, 4.69) is 53.5 Å². The molecule has 21 heavy (non-hydrogen) atoms. The van der Waals surface area contributed by atoms with Gasteiger partial charge in [-0.1, -0.05) is 54.6 Å². The van der Waals surface area contributed by atoms with Gasteiger partial charge in [-0.05, 0) is 22.3 Å². The second-order valence-corrected chi connectivity index (χ2v) is 5.23. The number of rotatable bonds is 2. The Hall–Kier alpha value is -2.61. The SMILES string of the molecule is COc1cc(-c2ccccc2)c2c(n1)Cc1ccccc1-2. The van der Waals surface area contributed by atoms with Gasteiger partial charge in [0, 0.05) is 18.1 Å². The molecule has 1 aliphatic rings. The molecule has 102 valence electrons. The summed E-state index contributed by atoms with van der Waals surface area (Å²) in [7, 11) is 1.67. The summed E-state index contributed by atoms with van der Waals surface area (Å²) in [4.78, 5) is 4.65. The van der Waals surface area contributed by atoms with Gasteiger partial charge < -0.3 is 4.74 Å². The van der Waals surface area contributed by atoms with Crippen LogP contribution in [-0.4, -0.2) is 12.1 Å². The number of aromatic nitrogens is 1. The minimum Gasteiger partial charge on any atom is -0.481 e. The standard InChI is InChI=1S/C19H15NO/c1-21-18-12-16(13-7-3-2-4-8-13)19-15-10-6-5-9-14(15)11-17(19)20-18/h2-10,12H,11H2,1H3. The van der Waals surface area contributed by atoms with Gasteiger partial charge in [0.25, 0.3) is 0 Å². The Kier molecular flexibility index (Phi) is 2.74. The Balaban J connectivity index is 2.02. The van der Waals surface area contributed by atoms with E-state index in [-0.39, 0.29) is 0 Å². The molecule has 0 aliphatic heterocycles. The Labute approximate surface area is 124 Å². The van der Waals surface area contributed by atoms with E-state index in [9.17, 15) is 0 Å². The molecule has 3 aromatic rings. The third-order valence-electron chi connectivity index (χ3n) is 4.01. The minimum absolute atomic E-state index is 0.681. The van der Waals surface area contributed by atoms with Crippen LogP contribution in [0, 0.1) is 0 Å². The van der Waals surface area contributed by atoms with Crippen LogP contribution in [-0.2, 0) is 6.42 Å². The lowest BCUT2D eigenvalue weighted by atomic mass is 9.96. The molecule has 2 heteroatoms. The Bertz CT molecular complexity index is 809. The number of methoxy groups -OCH3 is 1. The fourth-order valence-corrected chi connectivity index (χ4v) is 3.05. The van der Waals surface area contributed by atoms with Crippen molar-refractivity contribution in [3.63, 3.8) is 0 Å². The molecule has 0 N–H and O–H groups in total. The topological polar surface area (TPSA) is 22.1 Å². The molecule has 2 aromatic carbocycles. The molecule has 0 saturated heterocycles. The largest absolute Gasteiger partial charge is 0.481 e. The van der Waals surface area contributed by atoms with Crippen molar-refractivity contribution in [1.29, 1.82) is 0 Å². The first-order chi connectivity index (χ1) is 10.4. The monoisotopic (exact) mass is 273 g/mol. The quantitative estimate of drug-likeness (QED) is 0.542. The lowest BCUT2D eigenvalue weighted by Gasteiger charge is -2.11. The maximum atomic E-state index is 5.39. The first-order valence-corrected chi connectivity index (χ1v) is 7.08. The molecule has 0 amide bonds. The summed E-state index contributed by atoms with van der Waals surface area (Å²) in [6.07, 6.45) is 0.878. The van der Waals surface area contributed by atoms with Gasteiger partial charge in [0.1, 0.15) is 0 Å². The van der Waals surface area contributed by atoms with Gasteiger partial charge in [0.15, 0.2) is 0 Å². The third-order valence-corrected chi connectivity index (χ3v) is 4.01. The van der Waals surface area contributed by atoms with Crippen LogP contribution in [0.15, 0.2) is 60.7 Å². The van der Waals surface area contributed by atoms with Crippen molar-refractivity contribution < 1.29 is 4.74 Å². The molecule has 0 atom stereocenters. The van der Waals surface area contributed by atoms with E-state index in [0.29, 0.717) is 5.88 Å². The highest BCUT2D eigenvalue weighted by Crippen LogP contribution is 2.43. The van der Waals surface area contributed by atoms with Crippen LogP contribution < -0.4 is 4.74 Å². The molecule has 0 radical (unpaired) electrons. The number of fused-ring (bicyclic) bond motifs is 3. The Morgan fingerprint density at radius 3 is 2.48 bits per heavy atom. The van der Waals surface area contributed by atoms with Gasteiger partial charge in [-0.2, -0.15) is 0 Å². The Morgan fingerprint density at radius 2 is 1.67 bits per heavy atom. The van der Waals surface area contributed by atoms with E-state index >= 15 is 0 Å². The van der Waals surface area contributed by atoms with Crippen molar-refractivity contribution in [3.8, 4) is 28.1 Å². The van der Waals surface area contributed by atoms with E-state index in [0.717, 1.165) is 12.1 Å². The predicted molar refractivity (Wildman–Crippen MR) is 84.5 cm³/mol. The fraction of sp³-hybridized carbons (Fsp3) is 0.105. The average Bonchev–Trinajstić information content (AvgIpc) is 2.93. The summed E-state index contributed by atoms with van der Waals surface area (Å²) >= 11 is 0. The van der Waals surface area contributed by atoms with Gasteiger partial charge in [-0.25, -0.2) is 4.98 Å². The number of pyridine rings is 1. The summed E-state index contributed by atoms with van der Waals surface area (Å²) in [6, 6.07) is 21.0. The van der Waals surface area contributed by atoms with Crippen LogP contribution in [0.2, 0.25) is 0 Å². The molecule has 4 rings (SSSR count). The molecular weight excluding hydrogens is 258 g/mol. The molecule has 2 nitrogen and oxygen atoms in total. The number of benzene rings is 2. The van der Waals surface area contributed by atoms with E-state index in [4.69, 9.17) is 4.74 Å². The first-order valence-electron chi connectivity index (χ1n) is 7.08. The summed E-state index contributed by atoms with van der Waals surface area (Å²) in [6.45, 7) is 0. The van der Waals surface area contributed by atoms with Crippen molar-refractivity contribution in [1.82, 2.24) is 4.98 Å². The molecule has 1 aromatic heterocycles. The molecular formula is C19H15NO. The highest BCUT2D eigenvalue weighted by molar-refractivity contribution is 5.89. The van der Waals surface area contributed by atoms with Crippen LogP contribution in [0.1, 0.15) is 11.3 Å². The Morgan fingerprint density at radius 1 is 0.905 bits per heavy atom. The van der Waals surface area contributed by atoms with E-state index in [1.807, 2.05) is 12.1 Å². The second-order valence-electron chi connectivity index (χ2n) is 5.23. The van der Waals surface area contributed by atoms with Crippen molar-refractivity contribution in [2.75, 3.05) is 7.11 Å². The van der Waals surface area contributed by atoms with Crippen molar-refractivity contribution in [2.45, 2.75) is 6.42 Å². The first kappa shape index (κ1) is 12.2. The maximum absolute atomic E-state index is 5.39. The zero-order chi connectivity index (χ0) is 14.2. The van der Waals surface area contributed by atoms with Crippen molar-refractivity contribution >= 4 is 0 Å². The van der Waals surface area contributed by atoms with Gasteiger partial charge in [-0.15, -0.1) is 0 Å². The smallest absolute Gasteiger partial charge is 0.213 e. The molecule has 1 aliphatic carbocycles. The number of nitrogens with zero attached hydrogens (tertiary/aromatic N) is 1. The summed E-state index contributed by atoms with van der Waals surface area (Å²) in [5.41, 5.74) is 7.38. The molecule has 0 fully saturated rings. The fourth-order valence-electron chi connectivity index (χ4n) is 3.05. The third kappa shape index (κ3) is 1.91. The lowest BCUT2D eigenvalue weighted by molar-refractivity contribution is 0.397. The number of hydrogen-bond acceptors (Lipinski definition) is 2. The van der Waals surface area contributed by atoms with Crippen LogP contribution in [0.3, 0.4) is 0 Å². The highest BCUT2D eigenvalue weighted by Gasteiger charge is 2.24. The van der Waals surface area contributed by atoms with E-state index < -0.39 is 0 Å². The van der Waals surface area contributed by atoms with Crippen molar-refractivity contribution in [3.05, 3.63) is 71.9 Å². The average molecular weight is 273 g/mol. The van der Waals surface area contributed by atoms with E-state index in [1.54, 1.807) is 7.11 Å².